The lowest BCUT2D eigenvalue weighted by molar-refractivity contribution is -0.128. The fourth-order valence-electron chi connectivity index (χ4n) is 4.07. The minimum atomic E-state index is -0.496. The largest absolute Gasteiger partial charge is 0.420 e. The highest BCUT2D eigenvalue weighted by Gasteiger charge is 2.53. The van der Waals surface area contributed by atoms with Gasteiger partial charge in [0.25, 0.3) is 0 Å². The Morgan fingerprint density at radius 3 is 3.04 bits per heavy atom. The van der Waals surface area contributed by atoms with Crippen molar-refractivity contribution in [2.24, 2.45) is 11.8 Å². The van der Waals surface area contributed by atoms with Gasteiger partial charge in [0.2, 0.25) is 5.91 Å². The predicted octanol–water partition coefficient (Wildman–Crippen LogP) is 1.52. The molecule has 1 saturated heterocycles. The SMILES string of the molecule is CC[C@@H]1[C@@H](NC(=O)Cn2c(=O)oc3ccccc32)[C@@H]2CCO[C@H]12. The number of para-hydroxylation sites is 2. The number of amides is 1. The van der Waals surface area contributed by atoms with E-state index in [9.17, 15) is 9.59 Å². The number of oxazole rings is 1. The first-order valence-corrected chi connectivity index (χ1v) is 8.18. The maximum absolute atomic E-state index is 12.4. The lowest BCUT2D eigenvalue weighted by atomic mass is 9.65. The van der Waals surface area contributed by atoms with Gasteiger partial charge in [-0.2, -0.15) is 0 Å². The predicted molar refractivity (Wildman–Crippen MR) is 84.0 cm³/mol. The molecule has 6 heteroatoms. The summed E-state index contributed by atoms with van der Waals surface area (Å²) < 4.78 is 12.3. The van der Waals surface area contributed by atoms with Crippen molar-refractivity contribution in [3.63, 3.8) is 0 Å². The fourth-order valence-corrected chi connectivity index (χ4v) is 4.07. The third-order valence-electron chi connectivity index (χ3n) is 5.20. The summed E-state index contributed by atoms with van der Waals surface area (Å²) in [4.78, 5) is 24.3. The number of rotatable bonds is 4. The molecule has 1 aliphatic carbocycles. The van der Waals surface area contributed by atoms with Gasteiger partial charge in [-0.3, -0.25) is 9.36 Å². The molecular formula is C17H20N2O4. The molecule has 1 aliphatic heterocycles. The van der Waals surface area contributed by atoms with E-state index < -0.39 is 5.76 Å². The lowest BCUT2D eigenvalue weighted by Crippen LogP contribution is -2.61. The third kappa shape index (κ3) is 2.28. The zero-order valence-electron chi connectivity index (χ0n) is 13.0. The molecule has 2 aliphatic rings. The summed E-state index contributed by atoms with van der Waals surface area (Å²) in [7, 11) is 0. The van der Waals surface area contributed by atoms with Gasteiger partial charge in [-0.15, -0.1) is 0 Å². The molecule has 0 unspecified atom stereocenters. The number of hydrogen-bond acceptors (Lipinski definition) is 4. The molecule has 1 aromatic carbocycles. The summed E-state index contributed by atoms with van der Waals surface area (Å²) in [6.07, 6.45) is 2.28. The van der Waals surface area contributed by atoms with Crippen molar-refractivity contribution in [3.8, 4) is 0 Å². The van der Waals surface area contributed by atoms with Crippen LogP contribution in [0.3, 0.4) is 0 Å². The summed E-state index contributed by atoms with van der Waals surface area (Å²) in [6, 6.07) is 7.30. The molecule has 23 heavy (non-hydrogen) atoms. The van der Waals surface area contributed by atoms with Crippen molar-refractivity contribution in [3.05, 3.63) is 34.8 Å². The molecule has 4 rings (SSSR count). The van der Waals surface area contributed by atoms with E-state index in [0.717, 1.165) is 19.4 Å². The van der Waals surface area contributed by atoms with E-state index >= 15 is 0 Å². The summed E-state index contributed by atoms with van der Waals surface area (Å²) in [5.41, 5.74) is 1.15. The van der Waals surface area contributed by atoms with Crippen LogP contribution in [0, 0.1) is 11.8 Å². The Labute approximate surface area is 133 Å². The molecule has 6 nitrogen and oxygen atoms in total. The highest BCUT2D eigenvalue weighted by atomic mass is 16.5. The number of nitrogens with zero attached hydrogens (tertiary/aromatic N) is 1. The Bertz CT molecular complexity index is 793. The highest BCUT2D eigenvalue weighted by molar-refractivity contribution is 5.79. The molecule has 2 heterocycles. The normalized spacial score (nSPS) is 29.3. The molecular weight excluding hydrogens is 296 g/mol. The Hall–Kier alpha value is -2.08. The molecule has 0 radical (unpaired) electrons. The van der Waals surface area contributed by atoms with E-state index in [4.69, 9.17) is 9.15 Å². The first kappa shape index (κ1) is 14.5. The molecule has 2 fully saturated rings. The van der Waals surface area contributed by atoms with E-state index in [-0.39, 0.29) is 18.5 Å². The topological polar surface area (TPSA) is 73.5 Å². The van der Waals surface area contributed by atoms with Gasteiger partial charge in [0.1, 0.15) is 6.54 Å². The van der Waals surface area contributed by atoms with Crippen LogP contribution in [0.1, 0.15) is 19.8 Å². The first-order valence-electron chi connectivity index (χ1n) is 8.18. The zero-order valence-corrected chi connectivity index (χ0v) is 13.0. The molecule has 1 aromatic heterocycles. The summed E-state index contributed by atoms with van der Waals surface area (Å²) in [5.74, 6) is 0.155. The lowest BCUT2D eigenvalue weighted by Gasteiger charge is -2.47. The van der Waals surface area contributed by atoms with Crippen LogP contribution in [0.5, 0.6) is 0 Å². The van der Waals surface area contributed by atoms with Crippen molar-refractivity contribution in [2.45, 2.75) is 38.5 Å². The minimum absolute atomic E-state index is 0.0129. The van der Waals surface area contributed by atoms with Crippen LogP contribution in [0.15, 0.2) is 33.5 Å². The van der Waals surface area contributed by atoms with E-state index in [0.29, 0.717) is 29.0 Å². The maximum atomic E-state index is 12.4. The molecule has 1 N–H and O–H groups in total. The van der Waals surface area contributed by atoms with Crippen molar-refractivity contribution < 1.29 is 13.9 Å². The Balaban J connectivity index is 1.50. The van der Waals surface area contributed by atoms with Crippen LogP contribution in [-0.4, -0.2) is 29.2 Å². The smallest absolute Gasteiger partial charge is 0.408 e. The molecule has 2 aromatic rings. The average molecular weight is 316 g/mol. The van der Waals surface area contributed by atoms with E-state index in [1.807, 2.05) is 6.07 Å². The average Bonchev–Trinajstić information content (AvgIpc) is 3.08. The molecule has 0 spiro atoms. The van der Waals surface area contributed by atoms with Gasteiger partial charge in [-0.05, 0) is 25.0 Å². The molecule has 4 atom stereocenters. The van der Waals surface area contributed by atoms with Gasteiger partial charge >= 0.3 is 5.76 Å². The maximum Gasteiger partial charge on any atom is 0.420 e. The van der Waals surface area contributed by atoms with Gasteiger partial charge in [0.15, 0.2) is 5.58 Å². The van der Waals surface area contributed by atoms with Gasteiger partial charge in [-0.1, -0.05) is 19.1 Å². The van der Waals surface area contributed by atoms with Crippen LogP contribution in [-0.2, 0) is 16.1 Å². The molecule has 1 saturated carbocycles. The quantitative estimate of drug-likeness (QED) is 0.928. The zero-order chi connectivity index (χ0) is 16.0. The highest BCUT2D eigenvalue weighted by Crippen LogP contribution is 2.45. The molecule has 1 amide bonds. The van der Waals surface area contributed by atoms with Gasteiger partial charge < -0.3 is 14.5 Å². The van der Waals surface area contributed by atoms with Crippen molar-refractivity contribution >= 4 is 17.0 Å². The van der Waals surface area contributed by atoms with Crippen LogP contribution < -0.4 is 11.1 Å². The number of fused-ring (bicyclic) bond motifs is 2. The van der Waals surface area contributed by atoms with Gasteiger partial charge in [0, 0.05) is 24.5 Å². The van der Waals surface area contributed by atoms with Crippen LogP contribution in [0.25, 0.3) is 11.1 Å². The monoisotopic (exact) mass is 316 g/mol. The van der Waals surface area contributed by atoms with E-state index in [1.165, 1.54) is 4.57 Å². The number of ether oxygens (including phenoxy) is 1. The van der Waals surface area contributed by atoms with Crippen LogP contribution in [0.4, 0.5) is 0 Å². The summed E-state index contributed by atoms with van der Waals surface area (Å²) >= 11 is 0. The Kier molecular flexibility index (Phi) is 3.49. The van der Waals surface area contributed by atoms with Crippen LogP contribution >= 0.6 is 0 Å². The van der Waals surface area contributed by atoms with E-state index in [1.54, 1.807) is 18.2 Å². The summed E-state index contributed by atoms with van der Waals surface area (Å²) in [5, 5.41) is 3.10. The summed E-state index contributed by atoms with van der Waals surface area (Å²) in [6.45, 7) is 2.89. The number of nitrogens with one attached hydrogen (secondary N) is 1. The number of aromatic nitrogens is 1. The van der Waals surface area contributed by atoms with Crippen molar-refractivity contribution in [2.75, 3.05) is 6.61 Å². The van der Waals surface area contributed by atoms with Crippen molar-refractivity contribution in [1.29, 1.82) is 0 Å². The number of carbonyl (C=O) groups excluding carboxylic acids is 1. The fraction of sp³-hybridized carbons (Fsp3) is 0.529. The standard InChI is InChI=1S/C17H20N2O4/c1-2-10-15(11-7-8-22-16(10)11)18-14(20)9-19-12-5-3-4-6-13(12)23-17(19)21/h3-6,10-11,15-16H,2,7-9H2,1H3,(H,18,20)/t10-,11+,15-,16-/m1/s1. The van der Waals surface area contributed by atoms with Gasteiger partial charge in [-0.25, -0.2) is 4.79 Å². The Morgan fingerprint density at radius 1 is 1.39 bits per heavy atom. The number of hydrogen-bond donors (Lipinski definition) is 1. The molecule has 122 valence electrons. The minimum Gasteiger partial charge on any atom is -0.408 e. The first-order chi connectivity index (χ1) is 11.2. The second kappa shape index (κ2) is 5.53. The Morgan fingerprint density at radius 2 is 2.22 bits per heavy atom. The number of benzene rings is 1. The van der Waals surface area contributed by atoms with Crippen molar-refractivity contribution in [1.82, 2.24) is 9.88 Å². The number of carbonyl (C=O) groups is 1. The third-order valence-corrected chi connectivity index (χ3v) is 5.20. The second-order valence-corrected chi connectivity index (χ2v) is 6.38. The van der Waals surface area contributed by atoms with Gasteiger partial charge in [0.05, 0.1) is 11.6 Å². The molecule has 0 bridgehead atoms. The second-order valence-electron chi connectivity index (χ2n) is 6.38. The van der Waals surface area contributed by atoms with Crippen LogP contribution in [0.2, 0.25) is 0 Å². The van der Waals surface area contributed by atoms with E-state index in [2.05, 4.69) is 12.2 Å².